The number of nitrogens with one attached hydrogen (secondary N) is 2. The molecule has 1 aromatic rings. The van der Waals surface area contributed by atoms with Crippen molar-refractivity contribution in [2.24, 2.45) is 5.73 Å². The van der Waals surface area contributed by atoms with E-state index in [1.807, 2.05) is 13.2 Å². The second-order valence-electron chi connectivity index (χ2n) is 3.73. The predicted octanol–water partition coefficient (Wildman–Crippen LogP) is 0.207. The van der Waals surface area contributed by atoms with Gasteiger partial charge in [0.1, 0.15) is 4.90 Å². The van der Waals surface area contributed by atoms with Gasteiger partial charge in [0.15, 0.2) is 0 Å². The quantitative estimate of drug-likeness (QED) is 0.690. The van der Waals surface area contributed by atoms with Gasteiger partial charge in [-0.25, -0.2) is 13.1 Å². The highest BCUT2D eigenvalue weighted by Gasteiger charge is 2.23. The highest BCUT2D eigenvalue weighted by atomic mass is 32.2. The number of rotatable bonds is 6. The van der Waals surface area contributed by atoms with Crippen molar-refractivity contribution in [1.29, 1.82) is 0 Å². The van der Waals surface area contributed by atoms with Crippen molar-refractivity contribution in [3.05, 3.63) is 11.4 Å². The van der Waals surface area contributed by atoms with Gasteiger partial charge in [0, 0.05) is 18.3 Å². The maximum absolute atomic E-state index is 12.1. The summed E-state index contributed by atoms with van der Waals surface area (Å²) in [5.74, 6) is 0. The Hall–Kier alpha value is -0.570. The molecule has 4 N–H and O–H groups in total. The molecular weight excluding hydrogens is 260 g/mol. The van der Waals surface area contributed by atoms with Gasteiger partial charge in [-0.05, 0) is 13.2 Å². The van der Waals surface area contributed by atoms with Gasteiger partial charge in [-0.2, -0.15) is 16.9 Å². The van der Waals surface area contributed by atoms with Crippen molar-refractivity contribution >= 4 is 21.8 Å². The monoisotopic (exact) mass is 278 g/mol. The van der Waals surface area contributed by atoms with Crippen molar-refractivity contribution in [2.75, 3.05) is 12.8 Å². The Morgan fingerprint density at radius 1 is 1.59 bits per heavy atom. The Morgan fingerprint density at radius 3 is 2.76 bits per heavy atom. The average molecular weight is 278 g/mol. The third kappa shape index (κ3) is 3.44. The highest BCUT2D eigenvalue weighted by Crippen LogP contribution is 2.17. The predicted molar refractivity (Wildman–Crippen MR) is 69.4 cm³/mol. The Bertz CT molecular complexity index is 469. The number of aromatic nitrogens is 2. The lowest BCUT2D eigenvalue weighted by atomic mass is 10.4. The second-order valence-corrected chi connectivity index (χ2v) is 6.71. The molecule has 1 atom stereocenters. The Morgan fingerprint density at radius 2 is 2.24 bits per heavy atom. The summed E-state index contributed by atoms with van der Waals surface area (Å²) in [6.45, 7) is 4.11. The summed E-state index contributed by atoms with van der Waals surface area (Å²) < 4.78 is 26.7. The van der Waals surface area contributed by atoms with E-state index in [1.165, 1.54) is 0 Å². The summed E-state index contributed by atoms with van der Waals surface area (Å²) in [4.78, 5) is 0.174. The van der Waals surface area contributed by atoms with Crippen LogP contribution in [-0.4, -0.2) is 36.7 Å². The first-order valence-electron chi connectivity index (χ1n) is 5.18. The van der Waals surface area contributed by atoms with Crippen LogP contribution in [0.1, 0.15) is 18.3 Å². The molecule has 0 aromatic carbocycles. The number of aromatic amines is 1. The highest BCUT2D eigenvalue weighted by molar-refractivity contribution is 7.99. The minimum atomic E-state index is -3.53. The van der Waals surface area contributed by atoms with Crippen molar-refractivity contribution < 1.29 is 8.42 Å². The minimum Gasteiger partial charge on any atom is -0.325 e. The molecule has 98 valence electrons. The van der Waals surface area contributed by atoms with Crippen LogP contribution in [0.2, 0.25) is 0 Å². The summed E-state index contributed by atoms with van der Waals surface area (Å²) in [5, 5.41) is 6.74. The Kier molecular flexibility index (Phi) is 4.99. The maximum Gasteiger partial charge on any atom is 0.244 e. The zero-order valence-corrected chi connectivity index (χ0v) is 11.8. The first-order chi connectivity index (χ1) is 7.92. The Balaban J connectivity index is 2.93. The topological polar surface area (TPSA) is 101 Å². The molecular formula is C9H18N4O2S2. The number of nitrogens with zero attached hydrogens (tertiary/aromatic N) is 1. The van der Waals surface area contributed by atoms with E-state index in [1.54, 1.807) is 18.7 Å². The molecule has 0 saturated heterocycles. The van der Waals surface area contributed by atoms with E-state index < -0.39 is 10.0 Å². The molecule has 0 aliphatic carbocycles. The van der Waals surface area contributed by atoms with E-state index in [9.17, 15) is 8.42 Å². The zero-order chi connectivity index (χ0) is 13.1. The van der Waals surface area contributed by atoms with Gasteiger partial charge in [0.2, 0.25) is 10.0 Å². The third-order valence-electron chi connectivity index (χ3n) is 2.39. The minimum absolute atomic E-state index is 0.0959. The number of hydrogen-bond donors (Lipinski definition) is 3. The van der Waals surface area contributed by atoms with E-state index in [-0.39, 0.29) is 16.7 Å². The van der Waals surface area contributed by atoms with E-state index in [0.717, 1.165) is 0 Å². The lowest BCUT2D eigenvalue weighted by molar-refractivity contribution is 0.579. The van der Waals surface area contributed by atoms with Gasteiger partial charge in [0.25, 0.3) is 0 Å². The number of aryl methyl sites for hydroxylation is 1. The summed E-state index contributed by atoms with van der Waals surface area (Å²) in [5.41, 5.74) is 6.34. The fourth-order valence-electron chi connectivity index (χ4n) is 1.35. The molecule has 0 radical (unpaired) electrons. The number of sulfonamides is 1. The molecule has 1 unspecified atom stereocenters. The molecule has 8 heteroatoms. The largest absolute Gasteiger partial charge is 0.325 e. The smallest absolute Gasteiger partial charge is 0.244 e. The fourth-order valence-corrected chi connectivity index (χ4v) is 3.20. The van der Waals surface area contributed by atoms with Crippen LogP contribution < -0.4 is 10.5 Å². The molecule has 0 aliphatic heterocycles. The summed E-state index contributed by atoms with van der Waals surface area (Å²) in [6.07, 6.45) is 1.94. The SMILES string of the molecule is CSC(C)CNS(=O)(=O)c1c(CN)n[nH]c1C. The lowest BCUT2D eigenvalue weighted by Crippen LogP contribution is -2.30. The lowest BCUT2D eigenvalue weighted by Gasteiger charge is -2.10. The number of nitrogens with two attached hydrogens (primary N) is 1. The van der Waals surface area contributed by atoms with Crippen molar-refractivity contribution in [2.45, 2.75) is 30.5 Å². The van der Waals surface area contributed by atoms with Crippen molar-refractivity contribution in [3.8, 4) is 0 Å². The molecule has 6 nitrogen and oxygen atoms in total. The zero-order valence-electron chi connectivity index (χ0n) is 10.1. The normalized spacial score (nSPS) is 13.9. The van der Waals surface area contributed by atoms with Crippen LogP contribution in [0.15, 0.2) is 4.90 Å². The summed E-state index contributed by atoms with van der Waals surface area (Å²) in [7, 11) is -3.53. The second kappa shape index (κ2) is 5.85. The van der Waals surface area contributed by atoms with Crippen LogP contribution >= 0.6 is 11.8 Å². The first-order valence-corrected chi connectivity index (χ1v) is 7.95. The average Bonchev–Trinajstić information content (AvgIpc) is 2.68. The summed E-state index contributed by atoms with van der Waals surface area (Å²) in [6, 6.07) is 0. The first kappa shape index (κ1) is 14.5. The Labute approximate surface area is 106 Å². The van der Waals surface area contributed by atoms with E-state index >= 15 is 0 Å². The van der Waals surface area contributed by atoms with Crippen molar-refractivity contribution in [1.82, 2.24) is 14.9 Å². The van der Waals surface area contributed by atoms with E-state index in [2.05, 4.69) is 14.9 Å². The molecule has 1 aromatic heterocycles. The molecule has 17 heavy (non-hydrogen) atoms. The van der Waals surface area contributed by atoms with E-state index in [0.29, 0.717) is 17.9 Å². The molecule has 0 aliphatic rings. The number of H-pyrrole nitrogens is 1. The molecule has 1 rings (SSSR count). The number of thioether (sulfide) groups is 1. The van der Waals surface area contributed by atoms with Gasteiger partial charge in [-0.3, -0.25) is 5.10 Å². The van der Waals surface area contributed by atoms with Gasteiger partial charge >= 0.3 is 0 Å². The molecule has 0 spiro atoms. The van der Waals surface area contributed by atoms with Crippen LogP contribution in [0.5, 0.6) is 0 Å². The van der Waals surface area contributed by atoms with Gasteiger partial charge in [-0.1, -0.05) is 6.92 Å². The fraction of sp³-hybridized carbons (Fsp3) is 0.667. The molecule has 0 amide bonds. The van der Waals surface area contributed by atoms with Gasteiger partial charge < -0.3 is 5.73 Å². The number of hydrogen-bond acceptors (Lipinski definition) is 5. The van der Waals surface area contributed by atoms with Crippen LogP contribution in [0, 0.1) is 6.92 Å². The van der Waals surface area contributed by atoms with Gasteiger partial charge in [0.05, 0.1) is 11.4 Å². The van der Waals surface area contributed by atoms with Gasteiger partial charge in [-0.15, -0.1) is 0 Å². The van der Waals surface area contributed by atoms with Crippen LogP contribution in [0.4, 0.5) is 0 Å². The van der Waals surface area contributed by atoms with Crippen LogP contribution in [0.3, 0.4) is 0 Å². The molecule has 1 heterocycles. The molecule has 0 saturated carbocycles. The molecule has 0 bridgehead atoms. The van der Waals surface area contributed by atoms with Crippen LogP contribution in [0.25, 0.3) is 0 Å². The standard InChI is InChI=1S/C9H18N4O2S2/c1-6(16-3)5-11-17(14,15)9-7(2)12-13-8(9)4-10/h6,11H,4-5,10H2,1-3H3,(H,12,13). The maximum atomic E-state index is 12.1. The molecule has 0 fully saturated rings. The summed E-state index contributed by atoms with van der Waals surface area (Å²) >= 11 is 1.60. The van der Waals surface area contributed by atoms with E-state index in [4.69, 9.17) is 5.73 Å². The third-order valence-corrected chi connectivity index (χ3v) is 4.98. The van der Waals surface area contributed by atoms with Crippen molar-refractivity contribution in [3.63, 3.8) is 0 Å². The van der Waals surface area contributed by atoms with Crippen LogP contribution in [-0.2, 0) is 16.6 Å².